The average molecular weight is 401 g/mol. The summed E-state index contributed by atoms with van der Waals surface area (Å²) >= 11 is 6.35. The second-order valence-corrected chi connectivity index (χ2v) is 8.22. The highest BCUT2D eigenvalue weighted by molar-refractivity contribution is 6.30. The minimum Gasteiger partial charge on any atom is -0.207 e. The topological polar surface area (TPSA) is 0 Å². The van der Waals surface area contributed by atoms with E-state index >= 15 is 0 Å². The molecule has 0 spiro atoms. The molecule has 2 rings (SSSR count). The highest BCUT2D eigenvalue weighted by Gasteiger charge is 2.17. The Bertz CT molecular complexity index is 746. The van der Waals surface area contributed by atoms with Crippen molar-refractivity contribution >= 4 is 17.2 Å². The Balaban J connectivity index is 2.33. The Kier molecular flexibility index (Phi) is 9.78. The Hall–Kier alpha value is -1.60. The summed E-state index contributed by atoms with van der Waals surface area (Å²) < 4.78 is 13.2. The maximum absolute atomic E-state index is 13.2. The molecule has 1 unspecified atom stereocenters. The molecule has 0 N–H and O–H groups in total. The molecule has 0 nitrogen and oxygen atoms in total. The molecule has 0 amide bonds. The first-order chi connectivity index (χ1) is 13.5. The summed E-state index contributed by atoms with van der Waals surface area (Å²) in [5.41, 5.74) is 5.08. The number of rotatable bonds is 11. The van der Waals surface area contributed by atoms with Crippen LogP contribution in [-0.4, -0.2) is 0 Å². The monoisotopic (exact) mass is 400 g/mol. The van der Waals surface area contributed by atoms with E-state index in [4.69, 9.17) is 11.6 Å². The quantitative estimate of drug-likeness (QED) is 0.330. The molecular formula is C26H34ClF. The van der Waals surface area contributed by atoms with Crippen molar-refractivity contribution in [2.45, 2.75) is 72.1 Å². The third-order valence-corrected chi connectivity index (χ3v) is 5.70. The third kappa shape index (κ3) is 7.09. The van der Waals surface area contributed by atoms with Crippen LogP contribution in [0.4, 0.5) is 4.39 Å². The first kappa shape index (κ1) is 22.7. The van der Waals surface area contributed by atoms with Crippen LogP contribution in [-0.2, 0) is 6.42 Å². The number of hydrogen-bond donors (Lipinski definition) is 0. The maximum atomic E-state index is 13.2. The van der Waals surface area contributed by atoms with Gasteiger partial charge in [-0.05, 0) is 78.6 Å². The van der Waals surface area contributed by atoms with Crippen LogP contribution in [0.1, 0.15) is 75.5 Å². The summed E-state index contributed by atoms with van der Waals surface area (Å²) in [5.74, 6) is 0.359. The zero-order chi connectivity index (χ0) is 20.4. The summed E-state index contributed by atoms with van der Waals surface area (Å²) in [5, 5.41) is 0.787. The molecule has 0 aliphatic rings. The van der Waals surface area contributed by atoms with Crippen molar-refractivity contribution in [2.75, 3.05) is 0 Å². The van der Waals surface area contributed by atoms with Gasteiger partial charge in [0.05, 0.1) is 0 Å². The fraction of sp³-hybridized carbons (Fsp3) is 0.462. The lowest BCUT2D eigenvalue weighted by atomic mass is 9.82. The van der Waals surface area contributed by atoms with Gasteiger partial charge in [-0.25, -0.2) is 4.39 Å². The normalized spacial score (nSPS) is 13.0. The van der Waals surface area contributed by atoms with Crippen molar-refractivity contribution in [3.05, 3.63) is 76.1 Å². The number of benzene rings is 2. The van der Waals surface area contributed by atoms with E-state index in [-0.39, 0.29) is 5.82 Å². The van der Waals surface area contributed by atoms with E-state index < -0.39 is 0 Å². The van der Waals surface area contributed by atoms with Gasteiger partial charge in [-0.3, -0.25) is 0 Å². The molecule has 0 aliphatic heterocycles. The van der Waals surface area contributed by atoms with E-state index in [1.807, 2.05) is 18.2 Å². The van der Waals surface area contributed by atoms with Gasteiger partial charge in [0.25, 0.3) is 0 Å². The largest absolute Gasteiger partial charge is 0.207 e. The Morgan fingerprint density at radius 2 is 1.71 bits per heavy atom. The summed E-state index contributed by atoms with van der Waals surface area (Å²) in [6.45, 7) is 6.69. The van der Waals surface area contributed by atoms with Crippen molar-refractivity contribution in [1.82, 2.24) is 0 Å². The van der Waals surface area contributed by atoms with Gasteiger partial charge in [-0.1, -0.05) is 81.8 Å². The molecule has 0 saturated carbocycles. The predicted octanol–water partition coefficient (Wildman–Crippen LogP) is 8.80. The summed E-state index contributed by atoms with van der Waals surface area (Å²) in [6.07, 6.45) is 11.9. The molecule has 0 bridgehead atoms. The standard InChI is InChI=1S/C26H34ClF/c1-4-6-7-8-10-22(9-5-2)25(26-19-23(27)15-11-20(26)3)18-14-21-12-16-24(28)17-13-21/h11-13,15-19,22H,4-10,14H2,1-3H3/b25-18-. The Morgan fingerprint density at radius 1 is 0.964 bits per heavy atom. The molecule has 2 aromatic rings. The Morgan fingerprint density at radius 3 is 2.39 bits per heavy atom. The van der Waals surface area contributed by atoms with E-state index in [1.54, 1.807) is 12.1 Å². The van der Waals surface area contributed by atoms with Crippen LogP contribution in [0.15, 0.2) is 48.5 Å². The van der Waals surface area contributed by atoms with Gasteiger partial charge >= 0.3 is 0 Å². The summed E-state index contributed by atoms with van der Waals surface area (Å²) in [6, 6.07) is 13.0. The van der Waals surface area contributed by atoms with Crippen LogP contribution >= 0.6 is 11.6 Å². The lowest BCUT2D eigenvalue weighted by Gasteiger charge is -2.23. The van der Waals surface area contributed by atoms with Gasteiger partial charge < -0.3 is 0 Å². The summed E-state index contributed by atoms with van der Waals surface area (Å²) in [7, 11) is 0. The molecule has 0 saturated heterocycles. The van der Waals surface area contributed by atoms with Crippen molar-refractivity contribution in [2.24, 2.45) is 5.92 Å². The van der Waals surface area contributed by atoms with Crippen molar-refractivity contribution in [1.29, 1.82) is 0 Å². The lowest BCUT2D eigenvalue weighted by molar-refractivity contribution is 0.506. The molecule has 2 heteroatoms. The van der Waals surface area contributed by atoms with Crippen LogP contribution in [0.3, 0.4) is 0 Å². The zero-order valence-electron chi connectivity index (χ0n) is 17.6. The van der Waals surface area contributed by atoms with Gasteiger partial charge in [0.15, 0.2) is 0 Å². The molecule has 0 aromatic heterocycles. The van der Waals surface area contributed by atoms with E-state index in [1.165, 1.54) is 61.6 Å². The van der Waals surface area contributed by atoms with Gasteiger partial charge in [-0.2, -0.15) is 0 Å². The molecular weight excluding hydrogens is 367 g/mol. The molecule has 28 heavy (non-hydrogen) atoms. The fourth-order valence-electron chi connectivity index (χ4n) is 3.87. The van der Waals surface area contributed by atoms with E-state index in [9.17, 15) is 4.39 Å². The van der Waals surface area contributed by atoms with Gasteiger partial charge in [0, 0.05) is 5.02 Å². The van der Waals surface area contributed by atoms with Crippen LogP contribution < -0.4 is 0 Å². The van der Waals surface area contributed by atoms with Crippen LogP contribution in [0.25, 0.3) is 5.57 Å². The Labute approximate surface area is 175 Å². The first-order valence-electron chi connectivity index (χ1n) is 10.8. The zero-order valence-corrected chi connectivity index (χ0v) is 18.4. The number of halogens is 2. The molecule has 0 aliphatic carbocycles. The van der Waals surface area contributed by atoms with Crippen molar-refractivity contribution in [3.8, 4) is 0 Å². The number of unbranched alkanes of at least 4 members (excludes halogenated alkanes) is 3. The molecule has 0 fully saturated rings. The highest BCUT2D eigenvalue weighted by Crippen LogP contribution is 2.35. The van der Waals surface area contributed by atoms with Gasteiger partial charge in [0.1, 0.15) is 5.82 Å². The predicted molar refractivity (Wildman–Crippen MR) is 121 cm³/mol. The third-order valence-electron chi connectivity index (χ3n) is 5.46. The first-order valence-corrected chi connectivity index (χ1v) is 11.1. The van der Waals surface area contributed by atoms with E-state index in [2.05, 4.69) is 39.0 Å². The highest BCUT2D eigenvalue weighted by atomic mass is 35.5. The number of allylic oxidation sites excluding steroid dienone is 2. The van der Waals surface area contributed by atoms with Crippen molar-refractivity contribution < 1.29 is 4.39 Å². The average Bonchev–Trinajstić information content (AvgIpc) is 2.69. The van der Waals surface area contributed by atoms with Crippen molar-refractivity contribution in [3.63, 3.8) is 0 Å². The molecule has 0 radical (unpaired) electrons. The van der Waals surface area contributed by atoms with Gasteiger partial charge in [0.2, 0.25) is 0 Å². The number of hydrogen-bond acceptors (Lipinski definition) is 0. The van der Waals surface area contributed by atoms with E-state index in [0.29, 0.717) is 5.92 Å². The summed E-state index contributed by atoms with van der Waals surface area (Å²) in [4.78, 5) is 0. The van der Waals surface area contributed by atoms with Crippen LogP contribution in [0.2, 0.25) is 5.02 Å². The SMILES string of the molecule is CCCCCCC(CCC)/C(=C/Cc1ccc(F)cc1)c1cc(Cl)ccc1C. The van der Waals surface area contributed by atoms with Crippen LogP contribution in [0, 0.1) is 18.7 Å². The maximum Gasteiger partial charge on any atom is 0.123 e. The fourth-order valence-corrected chi connectivity index (χ4v) is 4.04. The molecule has 152 valence electrons. The second-order valence-electron chi connectivity index (χ2n) is 7.78. The molecule has 1 atom stereocenters. The van der Waals surface area contributed by atoms with Crippen LogP contribution in [0.5, 0.6) is 0 Å². The van der Waals surface area contributed by atoms with Gasteiger partial charge in [-0.15, -0.1) is 0 Å². The minimum atomic E-state index is -0.182. The lowest BCUT2D eigenvalue weighted by Crippen LogP contribution is -2.06. The molecule has 2 aromatic carbocycles. The number of aryl methyl sites for hydroxylation is 1. The van der Waals surface area contributed by atoms with E-state index in [0.717, 1.165) is 17.0 Å². The molecule has 0 heterocycles. The smallest absolute Gasteiger partial charge is 0.123 e. The second kappa shape index (κ2) is 12.1. The minimum absolute atomic E-state index is 0.182.